The topological polar surface area (TPSA) is 12.0 Å². The summed E-state index contributed by atoms with van der Waals surface area (Å²) in [5.41, 5.74) is 1.55. The summed E-state index contributed by atoms with van der Waals surface area (Å²) in [6.07, 6.45) is 5.05. The summed E-state index contributed by atoms with van der Waals surface area (Å²) in [5.74, 6) is 1.97. The highest BCUT2D eigenvalue weighted by Gasteiger charge is 2.41. The average Bonchev–Trinajstić information content (AvgIpc) is 3.04. The fraction of sp³-hybridized carbons (Fsp3) is 0.571. The zero-order valence-electron chi connectivity index (χ0n) is 10.2. The Bertz CT molecular complexity index is 401. The third kappa shape index (κ3) is 2.51. The summed E-state index contributed by atoms with van der Waals surface area (Å²) in [6.45, 7) is 2.34. The van der Waals surface area contributed by atoms with Gasteiger partial charge >= 0.3 is 0 Å². The molecule has 1 nitrogen and oxygen atoms in total. The molecule has 92 valence electrons. The quantitative estimate of drug-likeness (QED) is 0.877. The van der Waals surface area contributed by atoms with Crippen LogP contribution < -0.4 is 5.32 Å². The van der Waals surface area contributed by atoms with Crippen LogP contribution in [-0.4, -0.2) is 29.8 Å². The van der Waals surface area contributed by atoms with Gasteiger partial charge in [-0.05, 0) is 30.7 Å². The van der Waals surface area contributed by atoms with Crippen LogP contribution in [0.5, 0.6) is 0 Å². The van der Waals surface area contributed by atoms with Gasteiger partial charge in [-0.3, -0.25) is 0 Å². The van der Waals surface area contributed by atoms with Gasteiger partial charge in [-0.2, -0.15) is 11.8 Å². The maximum Gasteiger partial charge on any atom is 0.0282 e. The molecule has 0 bridgehead atoms. The molecule has 0 radical (unpaired) electrons. The van der Waals surface area contributed by atoms with E-state index >= 15 is 0 Å². The van der Waals surface area contributed by atoms with E-state index in [0.29, 0.717) is 10.7 Å². The van der Waals surface area contributed by atoms with Crippen molar-refractivity contribution in [1.29, 1.82) is 0 Å². The van der Waals surface area contributed by atoms with Crippen molar-refractivity contribution in [2.75, 3.05) is 25.1 Å². The lowest BCUT2D eigenvalue weighted by Gasteiger charge is -2.16. The molecule has 1 aromatic rings. The minimum atomic E-state index is 0.589. The molecule has 1 unspecified atom stereocenters. The fourth-order valence-electron chi connectivity index (χ4n) is 2.46. The number of rotatable bonds is 5. The molecule has 1 aliphatic heterocycles. The van der Waals surface area contributed by atoms with Crippen molar-refractivity contribution in [2.45, 2.75) is 28.4 Å². The van der Waals surface area contributed by atoms with Crippen LogP contribution in [0.1, 0.15) is 24.3 Å². The lowest BCUT2D eigenvalue weighted by molar-refractivity contribution is 0.607. The van der Waals surface area contributed by atoms with Gasteiger partial charge in [-0.15, -0.1) is 11.8 Å². The standard InChI is InChI=1S/C14H19NS2/c1-16-14(6-7-14)10-15-8-11-9-17-13-5-3-2-4-12(11)13/h2-5,11,15H,6-10H2,1H3. The fourth-order valence-corrected chi connectivity index (χ4v) is 4.48. The highest BCUT2D eigenvalue weighted by Crippen LogP contribution is 2.46. The lowest BCUT2D eigenvalue weighted by Crippen LogP contribution is -2.29. The Morgan fingerprint density at radius 3 is 3.00 bits per heavy atom. The van der Waals surface area contributed by atoms with E-state index in [1.54, 1.807) is 5.56 Å². The molecule has 1 N–H and O–H groups in total. The maximum absolute atomic E-state index is 3.69. The smallest absolute Gasteiger partial charge is 0.0282 e. The summed E-state index contributed by atoms with van der Waals surface area (Å²) < 4.78 is 0.589. The van der Waals surface area contributed by atoms with E-state index in [1.165, 1.54) is 30.0 Å². The van der Waals surface area contributed by atoms with Crippen LogP contribution in [0.15, 0.2) is 29.2 Å². The second-order valence-electron chi connectivity index (χ2n) is 5.06. The van der Waals surface area contributed by atoms with E-state index in [9.17, 15) is 0 Å². The van der Waals surface area contributed by atoms with Gasteiger partial charge in [0, 0.05) is 34.4 Å². The molecule has 1 atom stereocenters. The van der Waals surface area contributed by atoms with Crippen LogP contribution in [0.3, 0.4) is 0 Å². The Balaban J connectivity index is 1.54. The molecule has 3 rings (SSSR count). The SMILES string of the molecule is CSC1(CNCC2CSc3ccccc32)CC1. The van der Waals surface area contributed by atoms with Crippen molar-refractivity contribution in [3.05, 3.63) is 29.8 Å². The second-order valence-corrected chi connectivity index (χ2v) is 7.40. The largest absolute Gasteiger partial charge is 0.315 e. The van der Waals surface area contributed by atoms with Crippen LogP contribution in [0.25, 0.3) is 0 Å². The monoisotopic (exact) mass is 265 g/mol. The molecule has 1 aromatic carbocycles. The van der Waals surface area contributed by atoms with Gasteiger partial charge in [-0.25, -0.2) is 0 Å². The summed E-state index contributed by atoms with van der Waals surface area (Å²) in [6, 6.07) is 8.87. The van der Waals surface area contributed by atoms with Gasteiger partial charge in [0.25, 0.3) is 0 Å². The molecule has 3 heteroatoms. The number of thioether (sulfide) groups is 2. The minimum Gasteiger partial charge on any atom is -0.315 e. The van der Waals surface area contributed by atoms with Gasteiger partial charge < -0.3 is 5.32 Å². The van der Waals surface area contributed by atoms with Crippen LogP contribution in [0.2, 0.25) is 0 Å². The van der Waals surface area contributed by atoms with Gasteiger partial charge in [0.2, 0.25) is 0 Å². The maximum atomic E-state index is 3.69. The Kier molecular flexibility index (Phi) is 3.42. The van der Waals surface area contributed by atoms with E-state index in [4.69, 9.17) is 0 Å². The van der Waals surface area contributed by atoms with Crippen molar-refractivity contribution in [3.8, 4) is 0 Å². The number of fused-ring (bicyclic) bond motifs is 1. The highest BCUT2D eigenvalue weighted by molar-refractivity contribution is 8.00. The zero-order valence-corrected chi connectivity index (χ0v) is 11.9. The molecule has 1 aliphatic carbocycles. The third-order valence-electron chi connectivity index (χ3n) is 3.88. The Morgan fingerprint density at radius 1 is 1.41 bits per heavy atom. The predicted octanol–water partition coefficient (Wildman–Crippen LogP) is 3.36. The second kappa shape index (κ2) is 4.87. The molecule has 1 fully saturated rings. The first-order valence-corrected chi connectivity index (χ1v) is 8.52. The van der Waals surface area contributed by atoms with Crippen molar-refractivity contribution in [2.24, 2.45) is 0 Å². The summed E-state index contributed by atoms with van der Waals surface area (Å²) >= 11 is 4.05. The van der Waals surface area contributed by atoms with Crippen molar-refractivity contribution in [3.63, 3.8) is 0 Å². The Hall–Kier alpha value is -0.120. The molecule has 0 saturated heterocycles. The normalized spacial score (nSPS) is 24.6. The molecule has 0 spiro atoms. The Labute approximate surface area is 112 Å². The first-order valence-electron chi connectivity index (χ1n) is 6.31. The van der Waals surface area contributed by atoms with Crippen LogP contribution in [0, 0.1) is 0 Å². The lowest BCUT2D eigenvalue weighted by atomic mass is 10.0. The third-order valence-corrected chi connectivity index (χ3v) is 6.55. The van der Waals surface area contributed by atoms with Gasteiger partial charge in [0.1, 0.15) is 0 Å². The predicted molar refractivity (Wildman–Crippen MR) is 78.3 cm³/mol. The number of benzene rings is 1. The summed E-state index contributed by atoms with van der Waals surface area (Å²) in [4.78, 5) is 1.49. The van der Waals surface area contributed by atoms with Gasteiger partial charge in [-0.1, -0.05) is 18.2 Å². The number of nitrogens with one attached hydrogen (secondary N) is 1. The molecule has 2 aliphatic rings. The van der Waals surface area contributed by atoms with Crippen molar-refractivity contribution < 1.29 is 0 Å². The van der Waals surface area contributed by atoms with E-state index in [0.717, 1.165) is 6.54 Å². The molecule has 0 amide bonds. The number of hydrogen-bond donors (Lipinski definition) is 1. The van der Waals surface area contributed by atoms with Crippen molar-refractivity contribution in [1.82, 2.24) is 5.32 Å². The summed E-state index contributed by atoms with van der Waals surface area (Å²) in [7, 11) is 0. The molecule has 17 heavy (non-hydrogen) atoms. The van der Waals surface area contributed by atoms with Crippen molar-refractivity contribution >= 4 is 23.5 Å². The molecule has 1 saturated carbocycles. The van der Waals surface area contributed by atoms with E-state index in [2.05, 4.69) is 35.8 Å². The minimum absolute atomic E-state index is 0.589. The average molecular weight is 265 g/mol. The molecule has 0 aromatic heterocycles. The van der Waals surface area contributed by atoms with Gasteiger partial charge in [0.05, 0.1) is 0 Å². The molecular weight excluding hydrogens is 246 g/mol. The molecule has 1 heterocycles. The van der Waals surface area contributed by atoms with E-state index in [-0.39, 0.29) is 0 Å². The summed E-state index contributed by atoms with van der Waals surface area (Å²) in [5, 5.41) is 3.69. The van der Waals surface area contributed by atoms with Crippen LogP contribution >= 0.6 is 23.5 Å². The molecular formula is C14H19NS2. The highest BCUT2D eigenvalue weighted by atomic mass is 32.2. The van der Waals surface area contributed by atoms with E-state index < -0.39 is 0 Å². The van der Waals surface area contributed by atoms with Crippen LogP contribution in [-0.2, 0) is 0 Å². The zero-order chi connectivity index (χ0) is 11.7. The first-order chi connectivity index (χ1) is 8.33. The van der Waals surface area contributed by atoms with Gasteiger partial charge in [0.15, 0.2) is 0 Å². The van der Waals surface area contributed by atoms with Crippen LogP contribution in [0.4, 0.5) is 0 Å². The number of hydrogen-bond acceptors (Lipinski definition) is 3. The van der Waals surface area contributed by atoms with E-state index in [1.807, 2.05) is 23.5 Å². The first kappa shape index (κ1) is 11.9. The Morgan fingerprint density at radius 2 is 2.24 bits per heavy atom.